The molecule has 0 atom stereocenters. The van der Waals surface area contributed by atoms with Crippen molar-refractivity contribution in [2.75, 3.05) is 26.2 Å². The second-order valence-electron chi connectivity index (χ2n) is 9.33. The van der Waals surface area contributed by atoms with Gasteiger partial charge in [-0.05, 0) is 85.2 Å². The Hall–Kier alpha value is -3.45. The molecule has 4 rings (SSSR count). The Bertz CT molecular complexity index is 1420. The lowest BCUT2D eigenvalue weighted by Crippen LogP contribution is -2.49. The van der Waals surface area contributed by atoms with E-state index >= 15 is 4.39 Å². The Labute approximate surface area is 240 Å². The Morgan fingerprint density at radius 1 is 1.18 bits per heavy atom. The number of aryl methyl sites for hydroxylation is 1. The number of ether oxygens (including phenoxy) is 1. The third-order valence-electron chi connectivity index (χ3n) is 6.31. The molecular formula is C29H27BrClFN4O3. The number of hydrazine groups is 1. The Morgan fingerprint density at radius 3 is 2.67 bits per heavy atom. The molecule has 0 saturated carbocycles. The van der Waals surface area contributed by atoms with Gasteiger partial charge in [-0.1, -0.05) is 35.4 Å². The van der Waals surface area contributed by atoms with E-state index in [2.05, 4.69) is 26.3 Å². The number of benzene rings is 3. The molecule has 1 aliphatic rings. The van der Waals surface area contributed by atoms with Crippen molar-refractivity contribution in [3.05, 3.63) is 92.2 Å². The fourth-order valence-electron chi connectivity index (χ4n) is 4.36. The van der Waals surface area contributed by atoms with E-state index in [0.717, 1.165) is 31.5 Å². The maximum atomic E-state index is 15.5. The summed E-state index contributed by atoms with van der Waals surface area (Å²) in [5, 5.41) is 10.8. The molecule has 1 heterocycles. The predicted octanol–water partition coefficient (Wildman–Crippen LogP) is 6.03. The normalized spacial score (nSPS) is 13.1. The lowest BCUT2D eigenvalue weighted by molar-refractivity contribution is -0.124. The molecule has 3 aromatic rings. The monoisotopic (exact) mass is 612 g/mol. The minimum absolute atomic E-state index is 0.0794. The fourth-order valence-corrected chi connectivity index (χ4v) is 4.97. The molecule has 2 amide bonds. The van der Waals surface area contributed by atoms with Crippen molar-refractivity contribution in [3.63, 3.8) is 0 Å². The van der Waals surface area contributed by atoms with Crippen LogP contribution in [0.15, 0.2) is 59.1 Å². The molecule has 0 aliphatic carbocycles. The zero-order valence-electron chi connectivity index (χ0n) is 21.3. The minimum Gasteiger partial charge on any atom is -0.453 e. The fraction of sp³-hybridized carbons (Fsp3) is 0.276. The highest BCUT2D eigenvalue weighted by molar-refractivity contribution is 9.10. The van der Waals surface area contributed by atoms with Crippen LogP contribution in [0.1, 0.15) is 39.9 Å². The van der Waals surface area contributed by atoms with Gasteiger partial charge >= 0.3 is 0 Å². The number of carbonyl (C=O) groups excluding carboxylic acids is 2. The van der Waals surface area contributed by atoms with Crippen LogP contribution < -0.4 is 10.2 Å². The average molecular weight is 614 g/mol. The molecule has 1 aliphatic heterocycles. The first-order valence-corrected chi connectivity index (χ1v) is 13.7. The molecule has 39 heavy (non-hydrogen) atoms. The van der Waals surface area contributed by atoms with Crippen LogP contribution in [0.4, 0.5) is 4.39 Å². The van der Waals surface area contributed by atoms with Gasteiger partial charge in [-0.2, -0.15) is 5.26 Å². The number of likely N-dealkylation sites (tertiary alicyclic amines) is 1. The van der Waals surface area contributed by atoms with E-state index in [9.17, 15) is 14.9 Å². The first kappa shape index (κ1) is 28.6. The maximum Gasteiger partial charge on any atom is 0.272 e. The molecule has 0 spiro atoms. The average Bonchev–Trinajstić information content (AvgIpc) is 3.43. The van der Waals surface area contributed by atoms with Crippen LogP contribution in [0.25, 0.3) is 0 Å². The zero-order valence-corrected chi connectivity index (χ0v) is 23.7. The van der Waals surface area contributed by atoms with E-state index in [0.29, 0.717) is 23.1 Å². The molecule has 3 aromatic carbocycles. The summed E-state index contributed by atoms with van der Waals surface area (Å²) in [5.41, 5.74) is 4.41. The number of rotatable bonds is 8. The Kier molecular flexibility index (Phi) is 9.57. The summed E-state index contributed by atoms with van der Waals surface area (Å²) in [6, 6.07) is 16.5. The number of carbonyl (C=O) groups is 2. The van der Waals surface area contributed by atoms with Crippen molar-refractivity contribution in [3.8, 4) is 17.6 Å². The summed E-state index contributed by atoms with van der Waals surface area (Å²) in [6.45, 7) is 4.72. The molecule has 0 radical (unpaired) electrons. The predicted molar refractivity (Wildman–Crippen MR) is 150 cm³/mol. The lowest BCUT2D eigenvalue weighted by atomic mass is 10.1. The number of amides is 2. The number of halogens is 3. The largest absolute Gasteiger partial charge is 0.453 e. The molecule has 10 heteroatoms. The van der Waals surface area contributed by atoms with E-state index in [-0.39, 0.29) is 40.0 Å². The molecule has 0 unspecified atom stereocenters. The van der Waals surface area contributed by atoms with Gasteiger partial charge in [0.1, 0.15) is 5.75 Å². The topological polar surface area (TPSA) is 85.7 Å². The van der Waals surface area contributed by atoms with Crippen LogP contribution in [0.3, 0.4) is 0 Å². The van der Waals surface area contributed by atoms with Gasteiger partial charge < -0.3 is 9.64 Å². The van der Waals surface area contributed by atoms with Crippen molar-refractivity contribution in [1.29, 1.82) is 5.26 Å². The van der Waals surface area contributed by atoms with Gasteiger partial charge in [0.25, 0.3) is 5.91 Å². The molecule has 7 nitrogen and oxygen atoms in total. The van der Waals surface area contributed by atoms with Crippen LogP contribution in [-0.4, -0.2) is 47.9 Å². The third-order valence-corrected chi connectivity index (χ3v) is 7.15. The van der Waals surface area contributed by atoms with Crippen molar-refractivity contribution in [2.45, 2.75) is 26.2 Å². The summed E-state index contributed by atoms with van der Waals surface area (Å²) in [5.74, 6) is -1.59. The summed E-state index contributed by atoms with van der Waals surface area (Å²) in [7, 11) is 0. The quantitative estimate of drug-likeness (QED) is 0.314. The molecule has 0 bridgehead atoms. The van der Waals surface area contributed by atoms with Gasteiger partial charge in [-0.15, -0.1) is 0 Å². The second-order valence-corrected chi connectivity index (χ2v) is 10.6. The number of nitrogens with one attached hydrogen (secondary N) is 1. The highest BCUT2D eigenvalue weighted by Gasteiger charge is 2.23. The SMILES string of the molecule is Cc1cccc(C(=O)N(CCN2CCCC2)NC(=O)Cc2ccc(Br)c(Oc3cc(Cl)cc(C#N)c3)c2F)c1. The number of hydrogen-bond acceptors (Lipinski definition) is 5. The van der Waals surface area contributed by atoms with Crippen molar-refractivity contribution < 1.29 is 18.7 Å². The van der Waals surface area contributed by atoms with Gasteiger partial charge in [-0.3, -0.25) is 15.0 Å². The van der Waals surface area contributed by atoms with Crippen molar-refractivity contribution >= 4 is 39.3 Å². The van der Waals surface area contributed by atoms with Crippen molar-refractivity contribution in [1.82, 2.24) is 15.3 Å². The van der Waals surface area contributed by atoms with E-state index in [1.807, 2.05) is 19.1 Å². The maximum absolute atomic E-state index is 15.5. The molecule has 1 fully saturated rings. The smallest absolute Gasteiger partial charge is 0.272 e. The van der Waals surface area contributed by atoms with Gasteiger partial charge in [0.15, 0.2) is 11.6 Å². The van der Waals surface area contributed by atoms with Crippen LogP contribution >= 0.6 is 27.5 Å². The van der Waals surface area contributed by atoms with E-state index in [1.54, 1.807) is 24.3 Å². The number of hydrogen-bond donors (Lipinski definition) is 1. The molecule has 0 aromatic heterocycles. The van der Waals surface area contributed by atoms with Gasteiger partial charge in [0.2, 0.25) is 5.91 Å². The molecule has 1 N–H and O–H groups in total. The van der Waals surface area contributed by atoms with E-state index < -0.39 is 11.7 Å². The standard InChI is InChI=1S/C29H27BrClFN4O3/c1-19-5-4-6-22(13-19)29(38)36(12-11-35-9-2-3-10-35)34-26(37)16-21-7-8-25(30)28(27(21)32)39-24-15-20(18-33)14-23(31)17-24/h4-8,13-15,17H,2-3,9-12,16H2,1H3,(H,34,37). The third kappa shape index (κ3) is 7.57. The lowest BCUT2D eigenvalue weighted by Gasteiger charge is -2.26. The van der Waals surface area contributed by atoms with Crippen molar-refractivity contribution in [2.24, 2.45) is 0 Å². The first-order chi connectivity index (χ1) is 18.7. The zero-order chi connectivity index (χ0) is 27.9. The van der Waals surface area contributed by atoms with E-state index in [4.69, 9.17) is 16.3 Å². The number of nitriles is 1. The number of nitrogens with zero attached hydrogens (tertiary/aromatic N) is 3. The molecule has 1 saturated heterocycles. The van der Waals surface area contributed by atoms with Gasteiger partial charge in [0.05, 0.1) is 29.1 Å². The Morgan fingerprint density at radius 2 is 1.95 bits per heavy atom. The molecule has 202 valence electrons. The minimum atomic E-state index is -0.744. The summed E-state index contributed by atoms with van der Waals surface area (Å²) in [4.78, 5) is 28.6. The second kappa shape index (κ2) is 13.1. The Balaban J connectivity index is 1.51. The van der Waals surface area contributed by atoms with Crippen LogP contribution in [0.2, 0.25) is 5.02 Å². The molecular weight excluding hydrogens is 587 g/mol. The van der Waals surface area contributed by atoms with Gasteiger partial charge in [-0.25, -0.2) is 9.40 Å². The first-order valence-electron chi connectivity index (χ1n) is 12.5. The summed E-state index contributed by atoms with van der Waals surface area (Å²) >= 11 is 9.33. The van der Waals surface area contributed by atoms with Crippen LogP contribution in [0, 0.1) is 24.1 Å². The van der Waals surface area contributed by atoms with Crippen LogP contribution in [-0.2, 0) is 11.2 Å². The van der Waals surface area contributed by atoms with Crippen LogP contribution in [0.5, 0.6) is 11.5 Å². The summed E-state index contributed by atoms with van der Waals surface area (Å²) < 4.78 is 21.5. The highest BCUT2D eigenvalue weighted by atomic mass is 79.9. The highest BCUT2D eigenvalue weighted by Crippen LogP contribution is 2.35. The van der Waals surface area contributed by atoms with Gasteiger partial charge in [0, 0.05) is 22.7 Å². The summed E-state index contributed by atoms with van der Waals surface area (Å²) in [6.07, 6.45) is 1.90. The van der Waals surface area contributed by atoms with E-state index in [1.165, 1.54) is 29.3 Å².